The summed E-state index contributed by atoms with van der Waals surface area (Å²) in [6.07, 6.45) is 3.82. The Bertz CT molecular complexity index is 312. The molecule has 2 nitrogen and oxygen atoms in total. The van der Waals surface area contributed by atoms with Crippen molar-refractivity contribution >= 4 is 11.9 Å². The second kappa shape index (κ2) is 5.97. The van der Waals surface area contributed by atoms with Crippen LogP contribution in [-0.4, -0.2) is 12.8 Å². The average molecular weight is 188 g/mol. The van der Waals surface area contributed by atoms with Crippen molar-refractivity contribution < 1.29 is 0 Å². The second-order valence-electron chi connectivity index (χ2n) is 2.62. The molecular weight excluding hydrogens is 172 g/mol. The number of aliphatic imine (C=N–C) groups is 1. The molecule has 74 valence electrons. The summed E-state index contributed by atoms with van der Waals surface area (Å²) in [6.45, 7) is 4.83. The van der Waals surface area contributed by atoms with Crippen LogP contribution >= 0.6 is 0 Å². The summed E-state index contributed by atoms with van der Waals surface area (Å²) in [7, 11) is 0. The summed E-state index contributed by atoms with van der Waals surface area (Å²) in [5.74, 6) is 0. The minimum Gasteiger partial charge on any atom is -0.384 e. The van der Waals surface area contributed by atoms with Crippen molar-refractivity contribution in [2.24, 2.45) is 4.99 Å². The maximum absolute atomic E-state index is 4.27. The highest BCUT2D eigenvalue weighted by Gasteiger charge is 1.99. The molecule has 2 heteroatoms. The molecule has 0 aliphatic carbocycles. The van der Waals surface area contributed by atoms with Crippen LogP contribution in [-0.2, 0) is 0 Å². The molecule has 0 saturated carbocycles. The average Bonchev–Trinajstić information content (AvgIpc) is 2.34. The normalized spacial score (nSPS) is 13.4. The van der Waals surface area contributed by atoms with Crippen molar-refractivity contribution in [2.45, 2.75) is 13.8 Å². The summed E-state index contributed by atoms with van der Waals surface area (Å²) in [5.41, 5.74) is 2.16. The first-order valence-electron chi connectivity index (χ1n) is 4.98. The van der Waals surface area contributed by atoms with E-state index < -0.39 is 0 Å². The maximum Gasteiger partial charge on any atom is 0.0855 e. The first-order valence-corrected chi connectivity index (χ1v) is 4.98. The van der Waals surface area contributed by atoms with Gasteiger partial charge in [-0.05, 0) is 0 Å². The van der Waals surface area contributed by atoms with E-state index in [2.05, 4.69) is 22.4 Å². The number of hydrogen-bond acceptors (Lipinski definition) is 2. The van der Waals surface area contributed by atoms with Crippen LogP contribution in [0.5, 0.6) is 0 Å². The predicted octanol–water partition coefficient (Wildman–Crippen LogP) is 2.69. The van der Waals surface area contributed by atoms with Gasteiger partial charge in [0.05, 0.1) is 5.70 Å². The fourth-order valence-electron chi connectivity index (χ4n) is 1.16. The lowest BCUT2D eigenvalue weighted by Gasteiger charge is -2.06. The van der Waals surface area contributed by atoms with Crippen LogP contribution in [0.25, 0.3) is 5.70 Å². The standard InChI is InChI=1S/C10H10N2.C2H6/c1-2-4-9(5-3-1)10-8-11-6-7-12-10;1-2/h1-5,7-8,11H,6H2;1-2H3. The first kappa shape index (κ1) is 10.5. The van der Waals surface area contributed by atoms with Gasteiger partial charge in [-0.1, -0.05) is 44.2 Å². The third kappa shape index (κ3) is 2.73. The summed E-state index contributed by atoms with van der Waals surface area (Å²) >= 11 is 0. The lowest BCUT2D eigenvalue weighted by atomic mass is 10.2. The van der Waals surface area contributed by atoms with Crippen LogP contribution in [0.15, 0.2) is 41.5 Å². The van der Waals surface area contributed by atoms with Crippen molar-refractivity contribution in [3.8, 4) is 0 Å². The van der Waals surface area contributed by atoms with E-state index >= 15 is 0 Å². The third-order valence-corrected chi connectivity index (χ3v) is 1.75. The molecule has 0 fully saturated rings. The highest BCUT2D eigenvalue weighted by molar-refractivity contribution is 5.76. The van der Waals surface area contributed by atoms with Gasteiger partial charge in [-0.25, -0.2) is 0 Å². The molecule has 1 aromatic carbocycles. The molecule has 14 heavy (non-hydrogen) atoms. The van der Waals surface area contributed by atoms with Crippen LogP contribution in [0.2, 0.25) is 0 Å². The quantitative estimate of drug-likeness (QED) is 0.720. The third-order valence-electron chi connectivity index (χ3n) is 1.75. The van der Waals surface area contributed by atoms with Gasteiger partial charge in [0.2, 0.25) is 0 Å². The smallest absolute Gasteiger partial charge is 0.0855 e. The van der Waals surface area contributed by atoms with Gasteiger partial charge in [-0.15, -0.1) is 0 Å². The van der Waals surface area contributed by atoms with Crippen LogP contribution in [0, 0.1) is 0 Å². The Morgan fingerprint density at radius 1 is 1.14 bits per heavy atom. The van der Waals surface area contributed by atoms with Crippen molar-refractivity contribution in [3.63, 3.8) is 0 Å². The van der Waals surface area contributed by atoms with Crippen molar-refractivity contribution in [3.05, 3.63) is 42.1 Å². The number of nitrogens with one attached hydrogen (secondary N) is 1. The largest absolute Gasteiger partial charge is 0.384 e. The molecule has 1 aliphatic heterocycles. The molecule has 0 spiro atoms. The molecule has 1 aliphatic rings. The van der Waals surface area contributed by atoms with Gasteiger partial charge in [0.1, 0.15) is 0 Å². The Balaban J connectivity index is 0.000000461. The van der Waals surface area contributed by atoms with E-state index in [-0.39, 0.29) is 0 Å². The summed E-state index contributed by atoms with van der Waals surface area (Å²) < 4.78 is 0. The summed E-state index contributed by atoms with van der Waals surface area (Å²) in [4.78, 5) is 4.27. The van der Waals surface area contributed by atoms with E-state index in [0.29, 0.717) is 0 Å². The second-order valence-corrected chi connectivity index (χ2v) is 2.62. The van der Waals surface area contributed by atoms with E-state index in [1.807, 2.05) is 44.5 Å². The molecule has 0 bridgehead atoms. The Labute approximate surface area is 85.4 Å². The number of nitrogens with zero attached hydrogens (tertiary/aromatic N) is 1. The van der Waals surface area contributed by atoms with Crippen LogP contribution < -0.4 is 5.32 Å². The monoisotopic (exact) mass is 188 g/mol. The van der Waals surface area contributed by atoms with E-state index in [1.54, 1.807) is 0 Å². The minimum atomic E-state index is 0.830. The van der Waals surface area contributed by atoms with Crippen molar-refractivity contribution in [2.75, 3.05) is 6.54 Å². The van der Waals surface area contributed by atoms with Gasteiger partial charge < -0.3 is 5.32 Å². The molecule has 0 atom stereocenters. The van der Waals surface area contributed by atoms with E-state index in [9.17, 15) is 0 Å². The lowest BCUT2D eigenvalue weighted by Crippen LogP contribution is -2.12. The maximum atomic E-state index is 4.27. The predicted molar refractivity (Wildman–Crippen MR) is 62.3 cm³/mol. The Hall–Kier alpha value is -1.57. The number of hydrogen-bond donors (Lipinski definition) is 1. The fourth-order valence-corrected chi connectivity index (χ4v) is 1.16. The highest BCUT2D eigenvalue weighted by Crippen LogP contribution is 2.14. The molecular formula is C12H16N2. The van der Waals surface area contributed by atoms with Crippen LogP contribution in [0.4, 0.5) is 0 Å². The van der Waals surface area contributed by atoms with Crippen LogP contribution in [0.1, 0.15) is 19.4 Å². The van der Waals surface area contributed by atoms with Gasteiger partial charge in [0.25, 0.3) is 0 Å². The highest BCUT2D eigenvalue weighted by atomic mass is 14.9. The minimum absolute atomic E-state index is 0.830. The van der Waals surface area contributed by atoms with Gasteiger partial charge in [0, 0.05) is 24.5 Å². The van der Waals surface area contributed by atoms with E-state index in [4.69, 9.17) is 0 Å². The molecule has 0 amide bonds. The van der Waals surface area contributed by atoms with Gasteiger partial charge in [0.15, 0.2) is 0 Å². The zero-order valence-corrected chi connectivity index (χ0v) is 8.70. The Kier molecular flexibility index (Phi) is 4.48. The van der Waals surface area contributed by atoms with Gasteiger partial charge >= 0.3 is 0 Å². The van der Waals surface area contributed by atoms with Crippen molar-refractivity contribution in [1.29, 1.82) is 0 Å². The summed E-state index contributed by atoms with van der Waals surface area (Å²) in [5, 5.41) is 3.12. The molecule has 0 aromatic heterocycles. The Morgan fingerprint density at radius 3 is 2.43 bits per heavy atom. The molecule has 2 rings (SSSR count). The van der Waals surface area contributed by atoms with E-state index in [0.717, 1.165) is 17.8 Å². The van der Waals surface area contributed by atoms with Gasteiger partial charge in [-0.2, -0.15) is 0 Å². The molecule has 1 N–H and O–H groups in total. The molecule has 1 aromatic rings. The summed E-state index contributed by atoms with van der Waals surface area (Å²) in [6, 6.07) is 10.1. The molecule has 0 saturated heterocycles. The lowest BCUT2D eigenvalue weighted by molar-refractivity contribution is 1.01. The van der Waals surface area contributed by atoms with Crippen molar-refractivity contribution in [1.82, 2.24) is 5.32 Å². The molecule has 0 radical (unpaired) electrons. The molecule has 1 heterocycles. The zero-order valence-electron chi connectivity index (χ0n) is 8.70. The Morgan fingerprint density at radius 2 is 1.86 bits per heavy atom. The fraction of sp³-hybridized carbons (Fsp3) is 0.250. The zero-order chi connectivity index (χ0) is 10.2. The van der Waals surface area contributed by atoms with E-state index in [1.165, 1.54) is 0 Å². The molecule has 0 unspecified atom stereocenters. The van der Waals surface area contributed by atoms with Crippen LogP contribution in [0.3, 0.4) is 0 Å². The number of rotatable bonds is 1. The van der Waals surface area contributed by atoms with Gasteiger partial charge in [-0.3, -0.25) is 4.99 Å². The number of benzene rings is 1. The topological polar surface area (TPSA) is 24.4 Å². The SMILES string of the molecule is C1=NC(c2ccccc2)=CNC1.CC. The first-order chi connectivity index (χ1) is 6.97.